The predicted molar refractivity (Wildman–Crippen MR) is 119 cm³/mol. The Morgan fingerprint density at radius 2 is 2.07 bits per heavy atom. The SMILES string of the molecule is Nc1ncc(-c2ccccc2Cl)nc1C(=O)Cc1cnccc1N1CCCC(N)C1. The van der Waals surface area contributed by atoms with Crippen LogP contribution in [0.2, 0.25) is 5.02 Å². The number of halogens is 1. The Labute approximate surface area is 180 Å². The molecule has 8 heteroatoms. The summed E-state index contributed by atoms with van der Waals surface area (Å²) in [6.07, 6.45) is 7.13. The maximum absolute atomic E-state index is 13.1. The molecule has 4 rings (SSSR count). The predicted octanol–water partition coefficient (Wildman–Crippen LogP) is 3.13. The number of nitrogens with two attached hydrogens (primary N) is 2. The number of nitrogen functional groups attached to an aromatic ring is 1. The molecule has 1 aliphatic heterocycles. The van der Waals surface area contributed by atoms with Gasteiger partial charge in [-0.2, -0.15) is 0 Å². The third-order valence-electron chi connectivity index (χ3n) is 5.24. The summed E-state index contributed by atoms with van der Waals surface area (Å²) in [6.45, 7) is 1.66. The van der Waals surface area contributed by atoms with E-state index in [1.165, 1.54) is 6.20 Å². The highest BCUT2D eigenvalue weighted by Crippen LogP contribution is 2.28. The molecular formula is C22H23ClN6O. The van der Waals surface area contributed by atoms with Crippen LogP contribution in [0.5, 0.6) is 0 Å². The monoisotopic (exact) mass is 422 g/mol. The number of carbonyl (C=O) groups excluding carboxylic acids is 1. The summed E-state index contributed by atoms with van der Waals surface area (Å²) in [5.41, 5.74) is 15.3. The zero-order valence-electron chi connectivity index (χ0n) is 16.5. The second-order valence-electron chi connectivity index (χ2n) is 7.42. The molecule has 2 aromatic heterocycles. The first-order chi connectivity index (χ1) is 14.5. The van der Waals surface area contributed by atoms with E-state index in [1.54, 1.807) is 18.5 Å². The average molecular weight is 423 g/mol. The molecule has 0 aliphatic carbocycles. The molecule has 1 unspecified atom stereocenters. The number of anilines is 2. The number of aromatic nitrogens is 3. The summed E-state index contributed by atoms with van der Waals surface area (Å²) < 4.78 is 0. The van der Waals surface area contributed by atoms with Gasteiger partial charge in [-0.15, -0.1) is 0 Å². The van der Waals surface area contributed by atoms with Gasteiger partial charge in [0.15, 0.2) is 11.6 Å². The summed E-state index contributed by atoms with van der Waals surface area (Å²) in [4.78, 5) is 28.2. The number of pyridine rings is 1. The van der Waals surface area contributed by atoms with Crippen molar-refractivity contribution in [2.24, 2.45) is 5.73 Å². The van der Waals surface area contributed by atoms with Crippen LogP contribution in [0.1, 0.15) is 28.9 Å². The van der Waals surface area contributed by atoms with Gasteiger partial charge in [0.2, 0.25) is 0 Å². The molecule has 0 saturated carbocycles. The number of hydrogen-bond donors (Lipinski definition) is 2. The minimum atomic E-state index is -0.218. The number of rotatable bonds is 5. The first-order valence-electron chi connectivity index (χ1n) is 9.87. The van der Waals surface area contributed by atoms with Crippen LogP contribution in [0.25, 0.3) is 11.3 Å². The highest BCUT2D eigenvalue weighted by Gasteiger charge is 2.22. The van der Waals surface area contributed by atoms with Gasteiger partial charge in [0.1, 0.15) is 5.69 Å². The summed E-state index contributed by atoms with van der Waals surface area (Å²) in [5.74, 6) is -0.120. The number of piperidine rings is 1. The molecule has 0 spiro atoms. The van der Waals surface area contributed by atoms with E-state index in [0.717, 1.165) is 37.2 Å². The summed E-state index contributed by atoms with van der Waals surface area (Å²) in [5, 5.41) is 0.533. The molecule has 0 amide bonds. The van der Waals surface area contributed by atoms with E-state index in [0.29, 0.717) is 16.3 Å². The molecule has 3 aromatic rings. The Hall–Kier alpha value is -3.03. The fraction of sp³-hybridized carbons (Fsp3) is 0.273. The van der Waals surface area contributed by atoms with Gasteiger partial charge in [-0.3, -0.25) is 9.78 Å². The van der Waals surface area contributed by atoms with E-state index in [1.807, 2.05) is 24.3 Å². The Bertz CT molecular complexity index is 1070. The quantitative estimate of drug-likeness (QED) is 0.607. The van der Waals surface area contributed by atoms with Crippen molar-refractivity contribution in [3.05, 3.63) is 65.2 Å². The third-order valence-corrected chi connectivity index (χ3v) is 5.57. The van der Waals surface area contributed by atoms with Crippen LogP contribution < -0.4 is 16.4 Å². The van der Waals surface area contributed by atoms with E-state index in [2.05, 4.69) is 19.9 Å². The van der Waals surface area contributed by atoms with Crippen LogP contribution in [0.3, 0.4) is 0 Å². The average Bonchev–Trinajstić information content (AvgIpc) is 2.75. The zero-order chi connectivity index (χ0) is 21.1. The number of ketones is 1. The molecule has 4 N–H and O–H groups in total. The highest BCUT2D eigenvalue weighted by molar-refractivity contribution is 6.33. The molecule has 1 fully saturated rings. The maximum atomic E-state index is 13.1. The first-order valence-corrected chi connectivity index (χ1v) is 10.2. The maximum Gasteiger partial charge on any atom is 0.189 e. The van der Waals surface area contributed by atoms with Gasteiger partial charge in [0.25, 0.3) is 0 Å². The smallest absolute Gasteiger partial charge is 0.189 e. The molecule has 154 valence electrons. The van der Waals surface area contributed by atoms with Gasteiger partial charge < -0.3 is 16.4 Å². The molecule has 0 radical (unpaired) electrons. The zero-order valence-corrected chi connectivity index (χ0v) is 17.2. The molecule has 7 nitrogen and oxygen atoms in total. The molecule has 30 heavy (non-hydrogen) atoms. The minimum Gasteiger partial charge on any atom is -0.382 e. The Morgan fingerprint density at radius 3 is 2.87 bits per heavy atom. The van der Waals surface area contributed by atoms with Crippen LogP contribution >= 0.6 is 11.6 Å². The first kappa shape index (κ1) is 20.3. The van der Waals surface area contributed by atoms with Gasteiger partial charge >= 0.3 is 0 Å². The number of hydrogen-bond acceptors (Lipinski definition) is 7. The van der Waals surface area contributed by atoms with Crippen molar-refractivity contribution >= 4 is 28.9 Å². The normalized spacial score (nSPS) is 16.5. The minimum absolute atomic E-state index is 0.0984. The topological polar surface area (TPSA) is 111 Å². The fourth-order valence-corrected chi connectivity index (χ4v) is 3.98. The van der Waals surface area contributed by atoms with Crippen molar-refractivity contribution < 1.29 is 4.79 Å². The lowest BCUT2D eigenvalue weighted by Crippen LogP contribution is -2.43. The van der Waals surface area contributed by atoms with Crippen LogP contribution in [-0.2, 0) is 6.42 Å². The second kappa shape index (κ2) is 8.77. The van der Waals surface area contributed by atoms with Crippen molar-refractivity contribution in [2.45, 2.75) is 25.3 Å². The number of nitrogens with zero attached hydrogens (tertiary/aromatic N) is 4. The summed E-state index contributed by atoms with van der Waals surface area (Å²) in [7, 11) is 0. The van der Waals surface area contributed by atoms with Gasteiger partial charge in [0, 0.05) is 54.8 Å². The molecule has 0 bridgehead atoms. The van der Waals surface area contributed by atoms with Crippen molar-refractivity contribution in [3.63, 3.8) is 0 Å². The number of benzene rings is 1. The number of carbonyl (C=O) groups is 1. The fourth-order valence-electron chi connectivity index (χ4n) is 3.75. The van der Waals surface area contributed by atoms with Crippen LogP contribution in [0, 0.1) is 0 Å². The summed E-state index contributed by atoms with van der Waals surface area (Å²) >= 11 is 6.27. The molecular weight excluding hydrogens is 400 g/mol. The lowest BCUT2D eigenvalue weighted by molar-refractivity contribution is 0.0989. The lowest BCUT2D eigenvalue weighted by Gasteiger charge is -2.33. The van der Waals surface area contributed by atoms with Crippen molar-refractivity contribution in [2.75, 3.05) is 23.7 Å². The van der Waals surface area contributed by atoms with E-state index in [9.17, 15) is 4.79 Å². The standard InChI is InChI=1S/C22H23ClN6O/c23-17-6-2-1-5-16(17)18-12-27-22(25)21(28-18)20(30)10-14-11-26-8-7-19(14)29-9-3-4-15(24)13-29/h1-2,5-8,11-12,15H,3-4,9-10,13,24H2,(H2,25,27). The van der Waals surface area contributed by atoms with Crippen molar-refractivity contribution in [1.82, 2.24) is 15.0 Å². The summed E-state index contributed by atoms with van der Waals surface area (Å²) in [6, 6.07) is 9.34. The Balaban J connectivity index is 1.62. The molecule has 1 aromatic carbocycles. The van der Waals surface area contributed by atoms with E-state index in [-0.39, 0.29) is 29.8 Å². The van der Waals surface area contributed by atoms with E-state index >= 15 is 0 Å². The van der Waals surface area contributed by atoms with E-state index in [4.69, 9.17) is 23.1 Å². The van der Waals surface area contributed by atoms with Crippen molar-refractivity contribution in [3.8, 4) is 11.3 Å². The van der Waals surface area contributed by atoms with Gasteiger partial charge in [-0.1, -0.05) is 29.8 Å². The Kier molecular flexibility index (Phi) is 5.92. The lowest BCUT2D eigenvalue weighted by atomic mass is 10.0. The molecule has 1 atom stereocenters. The largest absolute Gasteiger partial charge is 0.382 e. The Morgan fingerprint density at radius 1 is 1.23 bits per heavy atom. The van der Waals surface area contributed by atoms with Gasteiger partial charge in [-0.05, 0) is 25.0 Å². The van der Waals surface area contributed by atoms with Gasteiger partial charge in [-0.25, -0.2) is 9.97 Å². The van der Waals surface area contributed by atoms with Crippen molar-refractivity contribution in [1.29, 1.82) is 0 Å². The van der Waals surface area contributed by atoms with Crippen LogP contribution in [0.15, 0.2) is 48.9 Å². The molecule has 3 heterocycles. The van der Waals surface area contributed by atoms with Gasteiger partial charge in [0.05, 0.1) is 16.9 Å². The van der Waals surface area contributed by atoms with E-state index < -0.39 is 0 Å². The van der Waals surface area contributed by atoms with Crippen LogP contribution in [-0.4, -0.2) is 39.9 Å². The molecule has 1 saturated heterocycles. The van der Waals surface area contributed by atoms with Crippen LogP contribution in [0.4, 0.5) is 11.5 Å². The highest BCUT2D eigenvalue weighted by atomic mass is 35.5. The number of Topliss-reactive ketones (excluding diaryl/α,β-unsaturated/α-hetero) is 1. The second-order valence-corrected chi connectivity index (χ2v) is 7.83. The molecule has 1 aliphatic rings. The third kappa shape index (κ3) is 4.27.